The zero-order valence-corrected chi connectivity index (χ0v) is 21.6. The lowest BCUT2D eigenvalue weighted by Gasteiger charge is -2.14. The third kappa shape index (κ3) is 4.90. The summed E-state index contributed by atoms with van der Waals surface area (Å²) in [5.41, 5.74) is 8.06. The van der Waals surface area contributed by atoms with Gasteiger partial charge in [0, 0.05) is 11.4 Å². The molecule has 182 valence electrons. The fourth-order valence-corrected chi connectivity index (χ4v) is 6.59. The molecule has 36 heavy (non-hydrogen) atoms. The number of hydrogen-bond donors (Lipinski definition) is 2. The fourth-order valence-electron chi connectivity index (χ4n) is 4.38. The molecule has 5 rings (SSSR count). The van der Waals surface area contributed by atoms with Crippen molar-refractivity contribution in [1.29, 1.82) is 0 Å². The van der Waals surface area contributed by atoms with E-state index in [1.807, 2.05) is 44.2 Å². The summed E-state index contributed by atoms with van der Waals surface area (Å²) in [4.78, 5) is 12.8. The number of aryl methyl sites for hydroxylation is 2. The monoisotopic (exact) mass is 514 g/mol. The first-order valence-electron chi connectivity index (χ1n) is 11.6. The molecule has 0 unspecified atom stereocenters. The first-order valence-corrected chi connectivity index (χ1v) is 14.1. The van der Waals surface area contributed by atoms with Crippen molar-refractivity contribution in [2.75, 3.05) is 15.8 Å². The van der Waals surface area contributed by atoms with Crippen LogP contribution < -0.4 is 10.0 Å². The van der Waals surface area contributed by atoms with Crippen molar-refractivity contribution >= 4 is 39.1 Å². The van der Waals surface area contributed by atoms with Gasteiger partial charge in [-0.15, -0.1) is 11.8 Å². The van der Waals surface area contributed by atoms with E-state index in [0.717, 1.165) is 11.1 Å². The largest absolute Gasteiger partial charge is 0.325 e. The minimum absolute atomic E-state index is 0.104. The van der Waals surface area contributed by atoms with Gasteiger partial charge in [-0.2, -0.15) is 0 Å². The molecule has 0 saturated heterocycles. The van der Waals surface area contributed by atoms with E-state index in [1.54, 1.807) is 36.0 Å². The number of rotatable bonds is 7. The van der Waals surface area contributed by atoms with E-state index in [-0.39, 0.29) is 21.8 Å². The highest BCUT2D eigenvalue weighted by Crippen LogP contribution is 2.49. The van der Waals surface area contributed by atoms with Crippen LogP contribution in [-0.4, -0.2) is 20.1 Å². The van der Waals surface area contributed by atoms with Gasteiger partial charge < -0.3 is 5.32 Å². The Morgan fingerprint density at radius 2 is 1.36 bits per heavy atom. The molecular formula is C29H26N2O3S2. The topological polar surface area (TPSA) is 75.3 Å². The molecule has 0 fully saturated rings. The van der Waals surface area contributed by atoms with Crippen LogP contribution in [0.4, 0.5) is 11.4 Å². The van der Waals surface area contributed by atoms with Gasteiger partial charge in [0.2, 0.25) is 5.91 Å². The van der Waals surface area contributed by atoms with Crippen molar-refractivity contribution in [2.45, 2.75) is 24.0 Å². The summed E-state index contributed by atoms with van der Waals surface area (Å²) in [6.45, 7) is 3.91. The quantitative estimate of drug-likeness (QED) is 0.293. The van der Waals surface area contributed by atoms with Crippen molar-refractivity contribution in [3.63, 3.8) is 0 Å². The zero-order chi connectivity index (χ0) is 25.3. The third-order valence-electron chi connectivity index (χ3n) is 6.37. The van der Waals surface area contributed by atoms with Crippen LogP contribution in [0.25, 0.3) is 11.1 Å². The predicted molar refractivity (Wildman–Crippen MR) is 148 cm³/mol. The van der Waals surface area contributed by atoms with E-state index in [0.29, 0.717) is 11.4 Å². The highest BCUT2D eigenvalue weighted by Gasteiger charge is 2.28. The summed E-state index contributed by atoms with van der Waals surface area (Å²) in [5.74, 6) is 0.146. The molecule has 1 aliphatic rings. The highest BCUT2D eigenvalue weighted by molar-refractivity contribution is 8.00. The molecule has 7 heteroatoms. The molecule has 0 aromatic heterocycles. The summed E-state index contributed by atoms with van der Waals surface area (Å²) in [6, 6.07) is 28.3. The average Bonchev–Trinajstić information content (AvgIpc) is 3.19. The number of thioether (sulfide) groups is 1. The Morgan fingerprint density at radius 3 is 1.97 bits per heavy atom. The maximum atomic E-state index is 12.8. The van der Waals surface area contributed by atoms with Crippen molar-refractivity contribution in [3.8, 4) is 11.1 Å². The van der Waals surface area contributed by atoms with E-state index in [9.17, 15) is 13.2 Å². The molecule has 5 nitrogen and oxygen atoms in total. The normalized spacial score (nSPS) is 12.6. The van der Waals surface area contributed by atoms with Gasteiger partial charge in [-0.3, -0.25) is 9.52 Å². The van der Waals surface area contributed by atoms with Crippen LogP contribution in [0.2, 0.25) is 0 Å². The van der Waals surface area contributed by atoms with Crippen LogP contribution in [0.15, 0.2) is 95.9 Å². The Labute approximate surface area is 216 Å². The van der Waals surface area contributed by atoms with E-state index < -0.39 is 10.0 Å². The zero-order valence-electron chi connectivity index (χ0n) is 20.0. The number of nitrogens with one attached hydrogen (secondary N) is 2. The van der Waals surface area contributed by atoms with E-state index in [1.165, 1.54) is 34.4 Å². The van der Waals surface area contributed by atoms with Gasteiger partial charge in [0.15, 0.2) is 0 Å². The Kier molecular flexibility index (Phi) is 6.60. The second-order valence-corrected chi connectivity index (χ2v) is 11.6. The summed E-state index contributed by atoms with van der Waals surface area (Å²) in [5, 5.41) is 2.98. The summed E-state index contributed by atoms with van der Waals surface area (Å²) >= 11 is 1.59. The van der Waals surface area contributed by atoms with E-state index in [4.69, 9.17) is 0 Å². The summed E-state index contributed by atoms with van der Waals surface area (Å²) < 4.78 is 28.2. The van der Waals surface area contributed by atoms with Crippen molar-refractivity contribution in [3.05, 3.63) is 113 Å². The molecule has 0 bridgehead atoms. The maximum absolute atomic E-state index is 12.8. The average molecular weight is 515 g/mol. The Morgan fingerprint density at radius 1 is 0.778 bits per heavy atom. The highest BCUT2D eigenvalue weighted by atomic mass is 32.2. The first kappa shape index (κ1) is 24.2. The van der Waals surface area contributed by atoms with Crippen LogP contribution in [0.3, 0.4) is 0 Å². The van der Waals surface area contributed by atoms with Crippen molar-refractivity contribution < 1.29 is 13.2 Å². The number of anilines is 2. The minimum Gasteiger partial charge on any atom is -0.325 e. The van der Waals surface area contributed by atoms with Gasteiger partial charge in [0.25, 0.3) is 10.0 Å². The summed E-state index contributed by atoms with van der Waals surface area (Å²) in [7, 11) is -3.73. The molecule has 0 heterocycles. The molecule has 0 atom stereocenters. The lowest BCUT2D eigenvalue weighted by Crippen LogP contribution is -2.16. The fraction of sp³-hybridized carbons (Fsp3) is 0.138. The molecule has 2 N–H and O–H groups in total. The predicted octanol–water partition coefficient (Wildman–Crippen LogP) is 6.55. The molecule has 1 aliphatic carbocycles. The van der Waals surface area contributed by atoms with Crippen molar-refractivity contribution in [1.82, 2.24) is 0 Å². The van der Waals surface area contributed by atoms with Gasteiger partial charge in [0.05, 0.1) is 15.9 Å². The second kappa shape index (κ2) is 9.84. The SMILES string of the molecule is Cc1ccc(NS(=O)(=O)c2ccc(NC(=O)CSC3c4ccccc4-c4ccccc43)cc2)cc1C. The Hall–Kier alpha value is -3.55. The number of benzene rings is 4. The molecule has 0 aliphatic heterocycles. The van der Waals surface area contributed by atoms with E-state index in [2.05, 4.69) is 34.3 Å². The standard InChI is InChI=1S/C29H26N2O3S2/c1-19-11-12-22(17-20(19)2)31-36(33,34)23-15-13-21(14-16-23)30-28(32)18-35-29-26-9-5-3-7-24(26)25-8-4-6-10-27(25)29/h3-17,29,31H,18H2,1-2H3,(H,30,32). The second-order valence-electron chi connectivity index (χ2n) is 8.84. The third-order valence-corrected chi connectivity index (χ3v) is 9.03. The number of carbonyl (C=O) groups excluding carboxylic acids is 1. The molecule has 4 aromatic carbocycles. The maximum Gasteiger partial charge on any atom is 0.261 e. The van der Waals surface area contributed by atoms with Gasteiger partial charge in [0.1, 0.15) is 0 Å². The molecule has 0 saturated carbocycles. The van der Waals surface area contributed by atoms with Crippen LogP contribution in [-0.2, 0) is 14.8 Å². The molecule has 0 radical (unpaired) electrons. The van der Waals surface area contributed by atoms with Gasteiger partial charge in [-0.05, 0) is 83.6 Å². The smallest absolute Gasteiger partial charge is 0.261 e. The Bertz CT molecular complexity index is 1500. The lowest BCUT2D eigenvalue weighted by molar-refractivity contribution is -0.113. The molecule has 4 aromatic rings. The van der Waals surface area contributed by atoms with Crippen LogP contribution in [0, 0.1) is 13.8 Å². The molecule has 0 spiro atoms. The molecular weight excluding hydrogens is 488 g/mol. The first-order chi connectivity index (χ1) is 17.3. The number of fused-ring (bicyclic) bond motifs is 3. The number of amides is 1. The van der Waals surface area contributed by atoms with Gasteiger partial charge >= 0.3 is 0 Å². The van der Waals surface area contributed by atoms with E-state index >= 15 is 0 Å². The van der Waals surface area contributed by atoms with Crippen LogP contribution in [0.5, 0.6) is 0 Å². The van der Waals surface area contributed by atoms with Gasteiger partial charge in [-0.25, -0.2) is 8.42 Å². The Balaban J connectivity index is 1.22. The lowest BCUT2D eigenvalue weighted by atomic mass is 10.1. The number of carbonyl (C=O) groups is 1. The number of hydrogen-bond acceptors (Lipinski definition) is 4. The molecule has 1 amide bonds. The van der Waals surface area contributed by atoms with Gasteiger partial charge in [-0.1, -0.05) is 54.6 Å². The van der Waals surface area contributed by atoms with Crippen molar-refractivity contribution in [2.24, 2.45) is 0 Å². The summed E-state index contributed by atoms with van der Waals surface area (Å²) in [6.07, 6.45) is 0. The van der Waals surface area contributed by atoms with Crippen LogP contribution >= 0.6 is 11.8 Å². The van der Waals surface area contributed by atoms with Crippen LogP contribution in [0.1, 0.15) is 27.5 Å². The number of sulfonamides is 1. The minimum atomic E-state index is -3.73.